The topological polar surface area (TPSA) is 52.7 Å². The van der Waals surface area contributed by atoms with Gasteiger partial charge in [0.1, 0.15) is 11.4 Å². The van der Waals surface area contributed by atoms with Crippen molar-refractivity contribution in [1.82, 2.24) is 10.2 Å². The van der Waals surface area contributed by atoms with Crippen molar-refractivity contribution < 1.29 is 14.0 Å². The number of piperidine rings is 1. The Hall–Kier alpha value is -2.89. The number of hydrogen-bond acceptors (Lipinski definition) is 3. The van der Waals surface area contributed by atoms with Crippen LogP contribution in [0.3, 0.4) is 0 Å². The lowest BCUT2D eigenvalue weighted by atomic mass is 9.85. The van der Waals surface area contributed by atoms with Crippen LogP contribution in [0.5, 0.6) is 0 Å². The first-order chi connectivity index (χ1) is 14.1. The normalized spacial score (nSPS) is 18.2. The molecule has 0 atom stereocenters. The lowest BCUT2D eigenvalue weighted by Crippen LogP contribution is -2.57. The van der Waals surface area contributed by atoms with E-state index < -0.39 is 5.54 Å². The van der Waals surface area contributed by atoms with Crippen LogP contribution in [0.25, 0.3) is 0 Å². The zero-order valence-electron chi connectivity index (χ0n) is 16.4. The van der Waals surface area contributed by atoms with Gasteiger partial charge in [-0.15, -0.1) is 0 Å². The highest BCUT2D eigenvalue weighted by Crippen LogP contribution is 2.36. The average molecular weight is 395 g/mol. The van der Waals surface area contributed by atoms with E-state index in [0.717, 1.165) is 24.1 Å². The SMILES string of the molecule is O=C(CCCc1ccc(F)cc1)N1CCC2(CC1)C(=O)NCN2c1ccccc1. The largest absolute Gasteiger partial charge is 0.342 e. The lowest BCUT2D eigenvalue weighted by molar-refractivity contribution is -0.135. The van der Waals surface area contributed by atoms with E-state index in [0.29, 0.717) is 39.0 Å². The fourth-order valence-electron chi connectivity index (χ4n) is 4.41. The highest BCUT2D eigenvalue weighted by molar-refractivity contribution is 5.93. The van der Waals surface area contributed by atoms with Crippen molar-refractivity contribution in [3.8, 4) is 0 Å². The Morgan fingerprint density at radius 2 is 1.72 bits per heavy atom. The molecule has 29 heavy (non-hydrogen) atoms. The van der Waals surface area contributed by atoms with Gasteiger partial charge in [-0.05, 0) is 55.5 Å². The molecule has 2 aromatic rings. The van der Waals surface area contributed by atoms with Gasteiger partial charge < -0.3 is 15.1 Å². The molecule has 2 aliphatic heterocycles. The van der Waals surface area contributed by atoms with Crippen LogP contribution >= 0.6 is 0 Å². The van der Waals surface area contributed by atoms with Crippen LogP contribution < -0.4 is 10.2 Å². The molecule has 5 nitrogen and oxygen atoms in total. The van der Waals surface area contributed by atoms with E-state index in [9.17, 15) is 14.0 Å². The summed E-state index contributed by atoms with van der Waals surface area (Å²) in [5.41, 5.74) is 1.51. The van der Waals surface area contributed by atoms with E-state index in [1.165, 1.54) is 12.1 Å². The summed E-state index contributed by atoms with van der Waals surface area (Å²) in [6.07, 6.45) is 3.24. The molecule has 0 unspecified atom stereocenters. The van der Waals surface area contributed by atoms with Crippen molar-refractivity contribution in [2.24, 2.45) is 0 Å². The molecule has 1 N–H and O–H groups in total. The summed E-state index contributed by atoms with van der Waals surface area (Å²) in [6, 6.07) is 16.4. The third kappa shape index (κ3) is 3.97. The third-order valence-corrected chi connectivity index (χ3v) is 6.12. The molecular formula is C23H26FN3O2. The minimum Gasteiger partial charge on any atom is -0.342 e. The summed E-state index contributed by atoms with van der Waals surface area (Å²) in [4.78, 5) is 29.3. The predicted molar refractivity (Wildman–Crippen MR) is 110 cm³/mol. The molecule has 152 valence electrons. The van der Waals surface area contributed by atoms with Gasteiger partial charge in [0, 0.05) is 25.2 Å². The minimum atomic E-state index is -0.563. The van der Waals surface area contributed by atoms with Gasteiger partial charge in [0.2, 0.25) is 11.8 Å². The van der Waals surface area contributed by atoms with E-state index in [1.807, 2.05) is 35.2 Å². The maximum absolute atomic E-state index is 13.0. The van der Waals surface area contributed by atoms with Crippen molar-refractivity contribution in [1.29, 1.82) is 0 Å². The second-order valence-corrected chi connectivity index (χ2v) is 7.82. The Balaban J connectivity index is 1.32. The first-order valence-corrected chi connectivity index (χ1v) is 10.2. The number of nitrogens with one attached hydrogen (secondary N) is 1. The van der Waals surface area contributed by atoms with Gasteiger partial charge in [-0.1, -0.05) is 30.3 Å². The molecule has 2 saturated heterocycles. The molecule has 2 fully saturated rings. The number of likely N-dealkylation sites (tertiary alicyclic amines) is 1. The van der Waals surface area contributed by atoms with Gasteiger partial charge >= 0.3 is 0 Å². The Kier molecular flexibility index (Phi) is 5.51. The Bertz CT molecular complexity index is 861. The summed E-state index contributed by atoms with van der Waals surface area (Å²) in [5.74, 6) is -0.0519. The fraction of sp³-hybridized carbons (Fsp3) is 0.391. The highest BCUT2D eigenvalue weighted by Gasteiger charge is 2.50. The van der Waals surface area contributed by atoms with Crippen LogP contribution in [0, 0.1) is 5.82 Å². The van der Waals surface area contributed by atoms with Crippen LogP contribution in [-0.2, 0) is 16.0 Å². The number of para-hydroxylation sites is 1. The standard InChI is InChI=1S/C23H26FN3O2/c24-19-11-9-18(10-12-19)5-4-8-21(28)26-15-13-23(14-16-26)22(29)25-17-27(23)20-6-2-1-3-7-20/h1-3,6-7,9-12H,4-5,8,13-17H2,(H,25,29). The summed E-state index contributed by atoms with van der Waals surface area (Å²) in [7, 11) is 0. The molecule has 2 aromatic carbocycles. The van der Waals surface area contributed by atoms with Crippen LogP contribution in [0.4, 0.5) is 10.1 Å². The van der Waals surface area contributed by atoms with Crippen LogP contribution in [0.1, 0.15) is 31.2 Å². The van der Waals surface area contributed by atoms with E-state index in [2.05, 4.69) is 10.2 Å². The van der Waals surface area contributed by atoms with Gasteiger partial charge in [-0.25, -0.2) is 4.39 Å². The first kappa shape index (κ1) is 19.4. The van der Waals surface area contributed by atoms with Crippen LogP contribution in [0.2, 0.25) is 0 Å². The molecule has 2 heterocycles. The number of nitrogens with zero attached hydrogens (tertiary/aromatic N) is 2. The minimum absolute atomic E-state index is 0.0600. The van der Waals surface area contributed by atoms with Crippen molar-refractivity contribution in [2.75, 3.05) is 24.7 Å². The molecule has 4 rings (SSSR count). The number of halogens is 1. The zero-order chi connectivity index (χ0) is 20.3. The number of hydrogen-bond donors (Lipinski definition) is 1. The molecule has 0 saturated carbocycles. The van der Waals surface area contributed by atoms with Gasteiger partial charge in [0.25, 0.3) is 0 Å². The highest BCUT2D eigenvalue weighted by atomic mass is 19.1. The van der Waals surface area contributed by atoms with Gasteiger partial charge in [0.15, 0.2) is 0 Å². The van der Waals surface area contributed by atoms with E-state index in [4.69, 9.17) is 0 Å². The number of aryl methyl sites for hydroxylation is 1. The van der Waals surface area contributed by atoms with Crippen LogP contribution in [0.15, 0.2) is 54.6 Å². The molecular weight excluding hydrogens is 369 g/mol. The maximum atomic E-state index is 13.0. The Morgan fingerprint density at radius 3 is 2.41 bits per heavy atom. The molecule has 2 amide bonds. The quantitative estimate of drug-likeness (QED) is 0.847. The van der Waals surface area contributed by atoms with Crippen molar-refractivity contribution in [3.63, 3.8) is 0 Å². The van der Waals surface area contributed by atoms with Crippen molar-refractivity contribution in [2.45, 2.75) is 37.6 Å². The smallest absolute Gasteiger partial charge is 0.247 e. The summed E-state index contributed by atoms with van der Waals surface area (Å²) < 4.78 is 13.0. The second kappa shape index (κ2) is 8.23. The number of benzene rings is 2. The fourth-order valence-corrected chi connectivity index (χ4v) is 4.41. The van der Waals surface area contributed by atoms with Crippen molar-refractivity contribution in [3.05, 3.63) is 66.0 Å². The molecule has 0 aliphatic carbocycles. The number of anilines is 1. The lowest BCUT2D eigenvalue weighted by Gasteiger charge is -2.43. The summed E-state index contributed by atoms with van der Waals surface area (Å²) in [5, 5.41) is 2.99. The molecule has 0 aromatic heterocycles. The van der Waals surface area contributed by atoms with Crippen molar-refractivity contribution >= 4 is 17.5 Å². The predicted octanol–water partition coefficient (Wildman–Crippen LogP) is 3.10. The molecule has 1 spiro atoms. The number of carbonyl (C=O) groups is 2. The third-order valence-electron chi connectivity index (χ3n) is 6.12. The first-order valence-electron chi connectivity index (χ1n) is 10.2. The van der Waals surface area contributed by atoms with E-state index in [1.54, 1.807) is 12.1 Å². The second-order valence-electron chi connectivity index (χ2n) is 7.82. The number of carbonyl (C=O) groups excluding carboxylic acids is 2. The van der Waals surface area contributed by atoms with E-state index >= 15 is 0 Å². The number of amides is 2. The Labute approximate surface area is 170 Å². The monoisotopic (exact) mass is 395 g/mol. The molecule has 0 bridgehead atoms. The van der Waals surface area contributed by atoms with Gasteiger partial charge in [-0.2, -0.15) is 0 Å². The molecule has 0 radical (unpaired) electrons. The maximum Gasteiger partial charge on any atom is 0.247 e. The van der Waals surface area contributed by atoms with E-state index in [-0.39, 0.29) is 17.6 Å². The molecule has 6 heteroatoms. The van der Waals surface area contributed by atoms with Gasteiger partial charge in [-0.3, -0.25) is 9.59 Å². The molecule has 2 aliphatic rings. The zero-order valence-corrected chi connectivity index (χ0v) is 16.4. The summed E-state index contributed by atoms with van der Waals surface area (Å²) in [6.45, 7) is 1.69. The average Bonchev–Trinajstić information content (AvgIpc) is 3.06. The van der Waals surface area contributed by atoms with Gasteiger partial charge in [0.05, 0.1) is 6.67 Å². The summed E-state index contributed by atoms with van der Waals surface area (Å²) >= 11 is 0. The van der Waals surface area contributed by atoms with Crippen LogP contribution in [-0.4, -0.2) is 42.0 Å². The number of rotatable bonds is 5. The Morgan fingerprint density at radius 1 is 1.03 bits per heavy atom.